The maximum Gasteiger partial charge on any atom is 0.298 e. The van der Waals surface area contributed by atoms with Gasteiger partial charge >= 0.3 is 0 Å². The van der Waals surface area contributed by atoms with Gasteiger partial charge in [-0.25, -0.2) is 4.98 Å². The molecule has 0 atom stereocenters. The first-order chi connectivity index (χ1) is 16.1. The maximum atomic E-state index is 12.4. The molecule has 4 rings (SSSR count). The van der Waals surface area contributed by atoms with Crippen LogP contribution in [0.4, 0.5) is 0 Å². The van der Waals surface area contributed by atoms with Gasteiger partial charge in [0.15, 0.2) is 0 Å². The van der Waals surface area contributed by atoms with Crippen molar-refractivity contribution in [2.45, 2.75) is 18.8 Å². The third-order valence-electron chi connectivity index (χ3n) is 5.16. The van der Waals surface area contributed by atoms with Gasteiger partial charge < -0.3 is 4.90 Å². The second kappa shape index (κ2) is 10.5. The molecule has 166 valence electrons. The minimum absolute atomic E-state index is 0.172. The van der Waals surface area contributed by atoms with E-state index in [0.717, 1.165) is 23.4 Å². The Kier molecular flexibility index (Phi) is 7.07. The average molecular weight is 460 g/mol. The Balaban J connectivity index is 1.27. The largest absolute Gasteiger partial charge is 0.332 e. The first-order valence-electron chi connectivity index (χ1n) is 10.4. The highest BCUT2D eigenvalue weighted by molar-refractivity contribution is 7.09. The SMILES string of the molecule is O=C(NNC(=O)c1csc(C2CCN(C(=O)C#Cc3ccccc3)CC2)n1)c1ccccn1. The van der Waals surface area contributed by atoms with Crippen LogP contribution in [0.25, 0.3) is 0 Å². The normalized spacial score (nSPS) is 13.5. The molecule has 1 aromatic carbocycles. The Hall–Kier alpha value is -4.03. The number of carbonyl (C=O) groups excluding carboxylic acids is 3. The summed E-state index contributed by atoms with van der Waals surface area (Å²) in [6.45, 7) is 1.18. The number of rotatable bonds is 3. The Labute approximate surface area is 195 Å². The number of amides is 3. The lowest BCUT2D eigenvalue weighted by molar-refractivity contribution is -0.126. The van der Waals surface area contributed by atoms with E-state index >= 15 is 0 Å². The number of hydrogen-bond acceptors (Lipinski definition) is 6. The lowest BCUT2D eigenvalue weighted by Gasteiger charge is -2.29. The van der Waals surface area contributed by atoms with E-state index < -0.39 is 11.8 Å². The van der Waals surface area contributed by atoms with Crippen LogP contribution < -0.4 is 10.9 Å². The Morgan fingerprint density at radius 3 is 2.33 bits per heavy atom. The number of nitrogens with zero attached hydrogens (tertiary/aromatic N) is 3. The third kappa shape index (κ3) is 5.81. The standard InChI is InChI=1S/C24H21N5O3S/c30-21(10-9-17-6-2-1-3-7-17)29-14-11-18(12-15-29)24-26-20(16-33-24)23(32)28-27-22(31)19-8-4-5-13-25-19/h1-8,13,16,18H,11-12,14-15H2,(H,27,31)(H,28,32). The summed E-state index contributed by atoms with van der Waals surface area (Å²) in [6.07, 6.45) is 3.01. The number of likely N-dealkylation sites (tertiary alicyclic amines) is 1. The second-order valence-electron chi connectivity index (χ2n) is 7.38. The monoisotopic (exact) mass is 459 g/mol. The quantitative estimate of drug-likeness (QED) is 0.462. The van der Waals surface area contributed by atoms with Gasteiger partial charge in [0.2, 0.25) is 0 Å². The first kappa shape index (κ1) is 22.2. The molecule has 2 aromatic heterocycles. The van der Waals surface area contributed by atoms with E-state index in [1.54, 1.807) is 28.5 Å². The summed E-state index contributed by atoms with van der Waals surface area (Å²) in [7, 11) is 0. The first-order valence-corrected chi connectivity index (χ1v) is 11.3. The van der Waals surface area contributed by atoms with Crippen molar-refractivity contribution in [2.75, 3.05) is 13.1 Å². The molecule has 0 aliphatic carbocycles. The van der Waals surface area contributed by atoms with Gasteiger partial charge in [-0.2, -0.15) is 0 Å². The summed E-state index contributed by atoms with van der Waals surface area (Å²) in [5, 5.41) is 2.51. The molecule has 1 aliphatic heterocycles. The highest BCUT2D eigenvalue weighted by atomic mass is 32.1. The second-order valence-corrected chi connectivity index (χ2v) is 8.27. The van der Waals surface area contributed by atoms with Gasteiger partial charge in [0.25, 0.3) is 17.7 Å². The summed E-state index contributed by atoms with van der Waals surface area (Å²) in [6, 6.07) is 14.3. The van der Waals surface area contributed by atoms with Crippen molar-refractivity contribution >= 4 is 29.1 Å². The van der Waals surface area contributed by atoms with Gasteiger partial charge in [0.1, 0.15) is 11.4 Å². The summed E-state index contributed by atoms with van der Waals surface area (Å²) >= 11 is 1.40. The highest BCUT2D eigenvalue weighted by Gasteiger charge is 2.26. The number of piperidine rings is 1. The molecular formula is C24H21N5O3S. The van der Waals surface area contributed by atoms with E-state index in [9.17, 15) is 14.4 Å². The predicted molar refractivity (Wildman–Crippen MR) is 123 cm³/mol. The van der Waals surface area contributed by atoms with E-state index in [4.69, 9.17) is 0 Å². The highest BCUT2D eigenvalue weighted by Crippen LogP contribution is 2.30. The van der Waals surface area contributed by atoms with E-state index in [1.807, 2.05) is 30.3 Å². The van der Waals surface area contributed by atoms with Crippen LogP contribution in [0.5, 0.6) is 0 Å². The number of benzene rings is 1. The van der Waals surface area contributed by atoms with Crippen molar-refractivity contribution < 1.29 is 14.4 Å². The van der Waals surface area contributed by atoms with Gasteiger partial charge in [-0.15, -0.1) is 11.3 Å². The number of thiazole rings is 1. The molecular weight excluding hydrogens is 438 g/mol. The molecule has 8 nitrogen and oxygen atoms in total. The molecule has 1 aliphatic rings. The fourth-order valence-electron chi connectivity index (χ4n) is 3.37. The molecule has 0 spiro atoms. The van der Waals surface area contributed by atoms with Crippen LogP contribution >= 0.6 is 11.3 Å². The fourth-order valence-corrected chi connectivity index (χ4v) is 4.35. The van der Waals surface area contributed by atoms with E-state index in [2.05, 4.69) is 32.7 Å². The number of carbonyl (C=O) groups is 3. The minimum Gasteiger partial charge on any atom is -0.332 e. The molecule has 3 amide bonds. The number of hydrazine groups is 1. The van der Waals surface area contributed by atoms with Gasteiger partial charge in [-0.1, -0.05) is 30.2 Å². The van der Waals surface area contributed by atoms with Crippen molar-refractivity contribution in [3.8, 4) is 11.8 Å². The minimum atomic E-state index is -0.508. The van der Waals surface area contributed by atoms with Crippen LogP contribution in [0.15, 0.2) is 60.1 Å². The van der Waals surface area contributed by atoms with Crippen LogP contribution in [0, 0.1) is 11.8 Å². The third-order valence-corrected chi connectivity index (χ3v) is 6.17. The number of pyridine rings is 1. The maximum absolute atomic E-state index is 12.4. The van der Waals surface area contributed by atoms with Crippen molar-refractivity contribution in [1.82, 2.24) is 25.7 Å². The van der Waals surface area contributed by atoms with Crippen LogP contribution in [0.3, 0.4) is 0 Å². The number of aromatic nitrogens is 2. The molecule has 0 unspecified atom stereocenters. The zero-order chi connectivity index (χ0) is 23.0. The molecule has 0 saturated carbocycles. The molecule has 1 saturated heterocycles. The Morgan fingerprint density at radius 2 is 1.64 bits per heavy atom. The predicted octanol–water partition coefficient (Wildman–Crippen LogP) is 2.37. The van der Waals surface area contributed by atoms with Gasteiger partial charge in [0.05, 0.1) is 5.01 Å². The van der Waals surface area contributed by atoms with E-state index in [1.165, 1.54) is 17.5 Å². The molecule has 3 heterocycles. The Bertz CT molecular complexity index is 1190. The van der Waals surface area contributed by atoms with E-state index in [-0.39, 0.29) is 23.2 Å². The molecule has 0 radical (unpaired) electrons. The van der Waals surface area contributed by atoms with Crippen molar-refractivity contribution in [2.24, 2.45) is 0 Å². The van der Waals surface area contributed by atoms with Crippen LogP contribution in [-0.4, -0.2) is 45.7 Å². The molecule has 2 N–H and O–H groups in total. The topological polar surface area (TPSA) is 104 Å². The van der Waals surface area contributed by atoms with E-state index in [0.29, 0.717) is 13.1 Å². The molecule has 1 fully saturated rings. The molecule has 33 heavy (non-hydrogen) atoms. The summed E-state index contributed by atoms with van der Waals surface area (Å²) in [5.74, 6) is 4.60. The zero-order valence-electron chi connectivity index (χ0n) is 17.7. The van der Waals surface area contributed by atoms with Gasteiger partial charge in [-0.05, 0) is 37.1 Å². The molecule has 0 bridgehead atoms. The fraction of sp³-hybridized carbons (Fsp3) is 0.208. The van der Waals surface area contributed by atoms with Gasteiger partial charge in [-0.3, -0.25) is 30.2 Å². The van der Waals surface area contributed by atoms with Crippen LogP contribution in [-0.2, 0) is 4.79 Å². The molecule has 3 aromatic rings. The Morgan fingerprint density at radius 1 is 0.939 bits per heavy atom. The number of nitrogens with one attached hydrogen (secondary N) is 2. The van der Waals surface area contributed by atoms with Crippen molar-refractivity contribution in [3.63, 3.8) is 0 Å². The molecule has 9 heteroatoms. The zero-order valence-corrected chi connectivity index (χ0v) is 18.5. The summed E-state index contributed by atoms with van der Waals surface area (Å²) < 4.78 is 0. The number of hydrogen-bond donors (Lipinski definition) is 2. The van der Waals surface area contributed by atoms with Gasteiger partial charge in [0, 0.05) is 42.1 Å². The smallest absolute Gasteiger partial charge is 0.298 e. The average Bonchev–Trinajstić information content (AvgIpc) is 3.37. The van der Waals surface area contributed by atoms with Crippen molar-refractivity contribution in [3.05, 3.63) is 82.1 Å². The summed E-state index contributed by atoms with van der Waals surface area (Å²) in [4.78, 5) is 46.8. The summed E-state index contributed by atoms with van der Waals surface area (Å²) in [5.41, 5.74) is 5.95. The van der Waals surface area contributed by atoms with Crippen LogP contribution in [0.2, 0.25) is 0 Å². The lowest BCUT2D eigenvalue weighted by Crippen LogP contribution is -2.42. The van der Waals surface area contributed by atoms with Crippen molar-refractivity contribution in [1.29, 1.82) is 0 Å². The lowest BCUT2D eigenvalue weighted by atomic mass is 9.97. The van der Waals surface area contributed by atoms with Crippen LogP contribution in [0.1, 0.15) is 50.3 Å².